The fourth-order valence-corrected chi connectivity index (χ4v) is 3.11. The maximum absolute atomic E-state index is 12.1. The van der Waals surface area contributed by atoms with Gasteiger partial charge < -0.3 is 0 Å². The second kappa shape index (κ2) is 6.01. The van der Waals surface area contributed by atoms with Gasteiger partial charge >= 0.3 is 0 Å². The van der Waals surface area contributed by atoms with Gasteiger partial charge in [-0.15, -0.1) is 0 Å². The van der Waals surface area contributed by atoms with Crippen LogP contribution in [-0.4, -0.2) is 13.4 Å². The van der Waals surface area contributed by atoms with Crippen molar-refractivity contribution in [2.75, 3.05) is 0 Å². The molecule has 5 nitrogen and oxygen atoms in total. The number of nitriles is 1. The van der Waals surface area contributed by atoms with Crippen molar-refractivity contribution < 1.29 is 8.42 Å². The van der Waals surface area contributed by atoms with Gasteiger partial charge in [0, 0.05) is 18.9 Å². The van der Waals surface area contributed by atoms with E-state index >= 15 is 0 Å². The SMILES string of the molecule is N#Cc1ccc(S(=O)(=O)NCc2cccnc2)c(Cl)c1. The van der Waals surface area contributed by atoms with Crippen molar-refractivity contribution in [2.24, 2.45) is 0 Å². The molecule has 0 amide bonds. The van der Waals surface area contributed by atoms with Crippen LogP contribution in [0.1, 0.15) is 11.1 Å². The molecule has 7 heteroatoms. The van der Waals surface area contributed by atoms with Crippen LogP contribution in [0.2, 0.25) is 5.02 Å². The predicted molar refractivity (Wildman–Crippen MR) is 74.4 cm³/mol. The van der Waals surface area contributed by atoms with E-state index < -0.39 is 10.0 Å². The van der Waals surface area contributed by atoms with Crippen LogP contribution in [0.25, 0.3) is 0 Å². The highest BCUT2D eigenvalue weighted by Gasteiger charge is 2.17. The van der Waals surface area contributed by atoms with Gasteiger partial charge in [0.05, 0.1) is 16.7 Å². The van der Waals surface area contributed by atoms with Crippen LogP contribution in [0.4, 0.5) is 0 Å². The van der Waals surface area contributed by atoms with Crippen LogP contribution >= 0.6 is 11.6 Å². The average Bonchev–Trinajstić information content (AvgIpc) is 2.46. The van der Waals surface area contributed by atoms with E-state index in [1.807, 2.05) is 6.07 Å². The molecule has 2 aromatic rings. The van der Waals surface area contributed by atoms with Gasteiger partial charge in [-0.25, -0.2) is 13.1 Å². The third-order valence-corrected chi connectivity index (χ3v) is 4.42. The molecule has 2 rings (SSSR count). The van der Waals surface area contributed by atoms with Gasteiger partial charge in [0.25, 0.3) is 0 Å². The van der Waals surface area contributed by atoms with Crippen molar-refractivity contribution in [3.63, 3.8) is 0 Å². The smallest absolute Gasteiger partial charge is 0.242 e. The molecule has 0 fully saturated rings. The Hall–Kier alpha value is -1.94. The standard InChI is InChI=1S/C13H10ClN3O2S/c14-12-6-10(7-15)3-4-13(12)20(18,19)17-9-11-2-1-5-16-8-11/h1-6,8,17H,9H2. The van der Waals surface area contributed by atoms with E-state index in [1.165, 1.54) is 18.2 Å². The lowest BCUT2D eigenvalue weighted by molar-refractivity contribution is 0.581. The highest BCUT2D eigenvalue weighted by Crippen LogP contribution is 2.22. The van der Waals surface area contributed by atoms with E-state index in [9.17, 15) is 8.42 Å². The monoisotopic (exact) mass is 307 g/mol. The Labute approximate surface area is 121 Å². The minimum atomic E-state index is -3.73. The average molecular weight is 308 g/mol. The lowest BCUT2D eigenvalue weighted by atomic mass is 10.2. The number of benzene rings is 1. The summed E-state index contributed by atoms with van der Waals surface area (Å²) in [6.07, 6.45) is 3.18. The molecule has 1 N–H and O–H groups in total. The summed E-state index contributed by atoms with van der Waals surface area (Å²) < 4.78 is 26.7. The summed E-state index contributed by atoms with van der Waals surface area (Å²) in [5, 5.41) is 8.74. The summed E-state index contributed by atoms with van der Waals surface area (Å²) in [6.45, 7) is 0.118. The number of aromatic nitrogens is 1. The zero-order valence-corrected chi connectivity index (χ0v) is 11.8. The Kier molecular flexibility index (Phi) is 4.35. The molecule has 0 atom stereocenters. The minimum Gasteiger partial charge on any atom is -0.264 e. The van der Waals surface area contributed by atoms with Crippen LogP contribution in [0.3, 0.4) is 0 Å². The fraction of sp³-hybridized carbons (Fsp3) is 0.0769. The number of halogens is 1. The van der Waals surface area contributed by atoms with E-state index in [0.29, 0.717) is 5.56 Å². The zero-order valence-electron chi connectivity index (χ0n) is 10.2. The zero-order chi connectivity index (χ0) is 14.6. The fourth-order valence-electron chi connectivity index (χ4n) is 1.55. The van der Waals surface area contributed by atoms with Crippen molar-refractivity contribution in [2.45, 2.75) is 11.4 Å². The largest absolute Gasteiger partial charge is 0.264 e. The molecular formula is C13H10ClN3O2S. The van der Waals surface area contributed by atoms with E-state index in [4.69, 9.17) is 16.9 Å². The van der Waals surface area contributed by atoms with Crippen molar-refractivity contribution >= 4 is 21.6 Å². The molecule has 0 aliphatic rings. The van der Waals surface area contributed by atoms with Crippen LogP contribution < -0.4 is 4.72 Å². The van der Waals surface area contributed by atoms with Crippen LogP contribution in [0, 0.1) is 11.3 Å². The van der Waals surface area contributed by atoms with Gasteiger partial charge in [0.1, 0.15) is 4.90 Å². The molecule has 0 unspecified atom stereocenters. The normalized spacial score (nSPS) is 11.0. The molecule has 1 heterocycles. The first-order valence-corrected chi connectivity index (χ1v) is 7.47. The summed E-state index contributed by atoms with van der Waals surface area (Å²) in [7, 11) is -3.73. The lowest BCUT2D eigenvalue weighted by Crippen LogP contribution is -2.23. The summed E-state index contributed by atoms with van der Waals surface area (Å²) >= 11 is 5.89. The highest BCUT2D eigenvalue weighted by atomic mass is 35.5. The van der Waals surface area contributed by atoms with E-state index in [1.54, 1.807) is 24.5 Å². The van der Waals surface area contributed by atoms with Gasteiger partial charge in [-0.3, -0.25) is 4.98 Å². The van der Waals surface area contributed by atoms with E-state index in [2.05, 4.69) is 9.71 Å². The molecule has 0 spiro atoms. The van der Waals surface area contributed by atoms with Gasteiger partial charge in [0.15, 0.2) is 0 Å². The molecule has 102 valence electrons. The maximum Gasteiger partial charge on any atom is 0.242 e. The van der Waals surface area contributed by atoms with Crippen molar-refractivity contribution in [3.05, 3.63) is 58.9 Å². The number of hydrogen-bond donors (Lipinski definition) is 1. The molecule has 0 saturated heterocycles. The third-order valence-electron chi connectivity index (χ3n) is 2.54. The van der Waals surface area contributed by atoms with E-state index in [-0.39, 0.29) is 16.5 Å². The maximum atomic E-state index is 12.1. The van der Waals surface area contributed by atoms with Gasteiger partial charge in [-0.1, -0.05) is 17.7 Å². The number of hydrogen-bond acceptors (Lipinski definition) is 4. The molecule has 1 aromatic heterocycles. The quantitative estimate of drug-likeness (QED) is 0.937. The van der Waals surface area contributed by atoms with Crippen LogP contribution in [0.15, 0.2) is 47.6 Å². The first-order chi connectivity index (χ1) is 9.53. The van der Waals surface area contributed by atoms with Gasteiger partial charge in [-0.2, -0.15) is 5.26 Å². The Bertz CT molecular complexity index is 755. The Morgan fingerprint density at radius 1 is 1.35 bits per heavy atom. The first kappa shape index (κ1) is 14.5. The molecule has 0 aliphatic carbocycles. The number of rotatable bonds is 4. The highest BCUT2D eigenvalue weighted by molar-refractivity contribution is 7.89. The Morgan fingerprint density at radius 2 is 2.15 bits per heavy atom. The van der Waals surface area contributed by atoms with Crippen molar-refractivity contribution in [1.29, 1.82) is 5.26 Å². The van der Waals surface area contributed by atoms with Crippen molar-refractivity contribution in [3.8, 4) is 6.07 Å². The third kappa shape index (κ3) is 3.33. The predicted octanol–water partition coefficient (Wildman–Crippen LogP) is 2.09. The van der Waals surface area contributed by atoms with Gasteiger partial charge in [-0.05, 0) is 29.8 Å². The molecule has 0 bridgehead atoms. The molecular weight excluding hydrogens is 298 g/mol. The summed E-state index contributed by atoms with van der Waals surface area (Å²) in [5.74, 6) is 0. The Morgan fingerprint density at radius 3 is 2.75 bits per heavy atom. The van der Waals surface area contributed by atoms with Gasteiger partial charge in [0.2, 0.25) is 10.0 Å². The van der Waals surface area contributed by atoms with Crippen molar-refractivity contribution in [1.82, 2.24) is 9.71 Å². The molecule has 0 aliphatic heterocycles. The lowest BCUT2D eigenvalue weighted by Gasteiger charge is -2.08. The summed E-state index contributed by atoms with van der Waals surface area (Å²) in [5.41, 5.74) is 1.04. The van der Waals surface area contributed by atoms with Crippen LogP contribution in [0.5, 0.6) is 0 Å². The molecule has 20 heavy (non-hydrogen) atoms. The summed E-state index contributed by atoms with van der Waals surface area (Å²) in [6, 6.07) is 9.42. The number of pyridine rings is 1. The van der Waals surface area contributed by atoms with Crippen LogP contribution in [-0.2, 0) is 16.6 Å². The second-order valence-corrected chi connectivity index (χ2v) is 6.09. The number of nitrogens with zero attached hydrogens (tertiary/aromatic N) is 2. The second-order valence-electron chi connectivity index (χ2n) is 3.94. The number of sulfonamides is 1. The number of nitrogens with one attached hydrogen (secondary N) is 1. The topological polar surface area (TPSA) is 82.8 Å². The molecule has 0 saturated carbocycles. The summed E-state index contributed by atoms with van der Waals surface area (Å²) in [4.78, 5) is 3.85. The first-order valence-electron chi connectivity index (χ1n) is 5.61. The molecule has 0 radical (unpaired) electrons. The van der Waals surface area contributed by atoms with E-state index in [0.717, 1.165) is 5.56 Å². The molecule has 1 aromatic carbocycles. The minimum absolute atomic E-state index is 0.0164. The Balaban J connectivity index is 2.21.